The maximum atomic E-state index is 11.7. The zero-order valence-electron chi connectivity index (χ0n) is 9.30. The van der Waals surface area contributed by atoms with Gasteiger partial charge in [-0.3, -0.25) is 4.79 Å². The van der Waals surface area contributed by atoms with Crippen LogP contribution in [-0.4, -0.2) is 27.5 Å². The molecule has 0 saturated carbocycles. The van der Waals surface area contributed by atoms with Gasteiger partial charge in [-0.2, -0.15) is 0 Å². The molecule has 0 spiro atoms. The minimum atomic E-state index is -3.84. The van der Waals surface area contributed by atoms with E-state index in [1.165, 1.54) is 23.1 Å². The van der Waals surface area contributed by atoms with E-state index >= 15 is 0 Å². The van der Waals surface area contributed by atoms with Crippen LogP contribution >= 0.6 is 10.7 Å². The highest BCUT2D eigenvalue weighted by molar-refractivity contribution is 8.13. The minimum Gasteiger partial charge on any atom is -0.482 e. The summed E-state index contributed by atoms with van der Waals surface area (Å²) in [6.07, 6.45) is 1.55. The van der Waals surface area contributed by atoms with E-state index in [0.717, 1.165) is 0 Å². The molecular formula is C11H10ClNO4S. The summed E-state index contributed by atoms with van der Waals surface area (Å²) in [6, 6.07) is 4.13. The van der Waals surface area contributed by atoms with E-state index in [-0.39, 0.29) is 24.0 Å². The Labute approximate surface area is 109 Å². The number of benzene rings is 1. The lowest BCUT2D eigenvalue weighted by molar-refractivity contribution is -0.121. The van der Waals surface area contributed by atoms with Gasteiger partial charge in [-0.1, -0.05) is 6.08 Å². The Morgan fingerprint density at radius 1 is 1.50 bits per heavy atom. The minimum absolute atomic E-state index is 0.0738. The van der Waals surface area contributed by atoms with Gasteiger partial charge in [0.15, 0.2) is 6.61 Å². The summed E-state index contributed by atoms with van der Waals surface area (Å²) in [4.78, 5) is 13.0. The number of carbonyl (C=O) groups is 1. The number of hydrogen-bond acceptors (Lipinski definition) is 4. The third kappa shape index (κ3) is 2.34. The Morgan fingerprint density at radius 3 is 2.83 bits per heavy atom. The van der Waals surface area contributed by atoms with E-state index in [0.29, 0.717) is 11.4 Å². The van der Waals surface area contributed by atoms with Gasteiger partial charge >= 0.3 is 0 Å². The van der Waals surface area contributed by atoms with E-state index < -0.39 is 9.05 Å². The van der Waals surface area contributed by atoms with Gasteiger partial charge in [0.25, 0.3) is 15.0 Å². The molecule has 2 rings (SSSR count). The molecular weight excluding hydrogens is 278 g/mol. The summed E-state index contributed by atoms with van der Waals surface area (Å²) in [6.45, 7) is 3.76. The van der Waals surface area contributed by atoms with E-state index in [4.69, 9.17) is 15.4 Å². The first kappa shape index (κ1) is 12.9. The molecule has 18 heavy (non-hydrogen) atoms. The van der Waals surface area contributed by atoms with Gasteiger partial charge in [0.2, 0.25) is 0 Å². The molecule has 0 unspecified atom stereocenters. The zero-order chi connectivity index (χ0) is 13.3. The Hall–Kier alpha value is -1.53. The number of fused-ring (bicyclic) bond motifs is 1. The molecule has 0 radical (unpaired) electrons. The summed E-state index contributed by atoms with van der Waals surface area (Å²) in [5.41, 5.74) is 0.382. The van der Waals surface area contributed by atoms with Gasteiger partial charge in [0.1, 0.15) is 5.75 Å². The van der Waals surface area contributed by atoms with Crippen LogP contribution in [0.25, 0.3) is 0 Å². The molecule has 1 amide bonds. The summed E-state index contributed by atoms with van der Waals surface area (Å²) in [7, 11) is 1.43. The van der Waals surface area contributed by atoms with Crippen molar-refractivity contribution in [1.29, 1.82) is 0 Å². The number of anilines is 1. The molecule has 1 aliphatic heterocycles. The number of rotatable bonds is 3. The molecule has 1 aromatic rings. The number of hydrogen-bond donors (Lipinski definition) is 0. The van der Waals surface area contributed by atoms with Gasteiger partial charge in [-0.25, -0.2) is 8.42 Å². The van der Waals surface area contributed by atoms with Gasteiger partial charge in [0, 0.05) is 17.2 Å². The molecule has 0 atom stereocenters. The molecule has 96 valence electrons. The molecule has 7 heteroatoms. The van der Waals surface area contributed by atoms with Crippen LogP contribution in [0.2, 0.25) is 0 Å². The molecule has 0 saturated heterocycles. The van der Waals surface area contributed by atoms with Gasteiger partial charge in [0.05, 0.1) is 10.6 Å². The van der Waals surface area contributed by atoms with Crippen molar-refractivity contribution in [3.05, 3.63) is 30.9 Å². The lowest BCUT2D eigenvalue weighted by atomic mass is 10.2. The van der Waals surface area contributed by atoms with Crippen LogP contribution in [0.1, 0.15) is 0 Å². The van der Waals surface area contributed by atoms with Crippen molar-refractivity contribution in [2.75, 3.05) is 18.1 Å². The van der Waals surface area contributed by atoms with Crippen molar-refractivity contribution in [2.24, 2.45) is 0 Å². The fourth-order valence-electron chi connectivity index (χ4n) is 1.66. The summed E-state index contributed by atoms with van der Waals surface area (Å²) < 4.78 is 27.7. The van der Waals surface area contributed by atoms with E-state index in [1.54, 1.807) is 6.08 Å². The molecule has 0 bridgehead atoms. The maximum absolute atomic E-state index is 11.7. The second-order valence-corrected chi connectivity index (χ2v) is 6.22. The first-order valence-electron chi connectivity index (χ1n) is 5.06. The van der Waals surface area contributed by atoms with Crippen LogP contribution in [0.4, 0.5) is 5.69 Å². The van der Waals surface area contributed by atoms with Crippen molar-refractivity contribution < 1.29 is 17.9 Å². The van der Waals surface area contributed by atoms with Gasteiger partial charge in [-0.15, -0.1) is 6.58 Å². The monoisotopic (exact) mass is 287 g/mol. The summed E-state index contributed by atoms with van der Waals surface area (Å²) >= 11 is 0. The number of amides is 1. The van der Waals surface area contributed by atoms with Crippen LogP contribution in [0.3, 0.4) is 0 Å². The predicted molar refractivity (Wildman–Crippen MR) is 67.5 cm³/mol. The molecule has 5 nitrogen and oxygen atoms in total. The zero-order valence-corrected chi connectivity index (χ0v) is 10.9. The molecule has 0 fully saturated rings. The highest BCUT2D eigenvalue weighted by Gasteiger charge is 2.26. The van der Waals surface area contributed by atoms with Crippen molar-refractivity contribution in [3.8, 4) is 5.75 Å². The van der Waals surface area contributed by atoms with Crippen molar-refractivity contribution in [2.45, 2.75) is 4.90 Å². The Bertz CT molecular complexity index is 611. The molecule has 0 N–H and O–H groups in total. The molecule has 1 aliphatic rings. The fourth-order valence-corrected chi connectivity index (χ4v) is 2.43. The molecule has 0 aromatic heterocycles. The molecule has 1 heterocycles. The van der Waals surface area contributed by atoms with Gasteiger partial charge in [-0.05, 0) is 18.2 Å². The Morgan fingerprint density at radius 2 is 2.22 bits per heavy atom. The Balaban J connectivity index is 2.55. The van der Waals surface area contributed by atoms with Crippen LogP contribution in [0.5, 0.6) is 5.75 Å². The van der Waals surface area contributed by atoms with E-state index in [9.17, 15) is 13.2 Å². The van der Waals surface area contributed by atoms with E-state index in [2.05, 4.69) is 6.58 Å². The maximum Gasteiger partial charge on any atom is 0.265 e. The first-order chi connectivity index (χ1) is 8.43. The standard InChI is InChI=1S/C11H10ClNO4S/c1-2-5-13-9-6-8(18(12,15)16)3-4-10(9)17-7-11(13)14/h2-4,6H,1,5,7H2. The topological polar surface area (TPSA) is 63.7 Å². The van der Waals surface area contributed by atoms with Crippen LogP contribution < -0.4 is 9.64 Å². The molecule has 1 aromatic carbocycles. The molecule has 0 aliphatic carbocycles. The summed E-state index contributed by atoms with van der Waals surface area (Å²) in [5.74, 6) is 0.187. The van der Waals surface area contributed by atoms with E-state index in [1.807, 2.05) is 0 Å². The summed E-state index contributed by atoms with van der Waals surface area (Å²) in [5, 5.41) is 0. The average molecular weight is 288 g/mol. The SMILES string of the molecule is C=CCN1C(=O)COc2ccc(S(=O)(=O)Cl)cc21. The second-order valence-electron chi connectivity index (χ2n) is 3.65. The Kier molecular flexibility index (Phi) is 3.32. The highest BCUT2D eigenvalue weighted by Crippen LogP contribution is 2.34. The lowest BCUT2D eigenvalue weighted by Gasteiger charge is -2.28. The van der Waals surface area contributed by atoms with Crippen molar-refractivity contribution in [1.82, 2.24) is 0 Å². The van der Waals surface area contributed by atoms with Crippen LogP contribution in [-0.2, 0) is 13.8 Å². The predicted octanol–water partition coefficient (Wildman–Crippen LogP) is 1.53. The quantitative estimate of drug-likeness (QED) is 0.625. The number of carbonyl (C=O) groups excluding carboxylic acids is 1. The number of nitrogens with zero attached hydrogens (tertiary/aromatic N) is 1. The number of halogens is 1. The van der Waals surface area contributed by atoms with Crippen molar-refractivity contribution >= 4 is 31.3 Å². The average Bonchev–Trinajstić information content (AvgIpc) is 2.31. The van der Waals surface area contributed by atoms with Crippen molar-refractivity contribution in [3.63, 3.8) is 0 Å². The largest absolute Gasteiger partial charge is 0.482 e. The van der Waals surface area contributed by atoms with Gasteiger partial charge < -0.3 is 9.64 Å². The third-order valence-corrected chi connectivity index (χ3v) is 3.82. The highest BCUT2D eigenvalue weighted by atomic mass is 35.7. The second kappa shape index (κ2) is 4.62. The normalized spacial score (nSPS) is 14.9. The van der Waals surface area contributed by atoms with Crippen LogP contribution in [0, 0.1) is 0 Å². The van der Waals surface area contributed by atoms with Crippen LogP contribution in [0.15, 0.2) is 35.7 Å². The lowest BCUT2D eigenvalue weighted by Crippen LogP contribution is -2.38. The fraction of sp³-hybridized carbons (Fsp3) is 0.182. The third-order valence-electron chi connectivity index (χ3n) is 2.47. The first-order valence-corrected chi connectivity index (χ1v) is 7.37. The smallest absolute Gasteiger partial charge is 0.265 e. The number of ether oxygens (including phenoxy) is 1.